The van der Waals surface area contributed by atoms with E-state index in [9.17, 15) is 15.0 Å². The monoisotopic (exact) mass is 500 g/mol. The van der Waals surface area contributed by atoms with Crippen molar-refractivity contribution in [3.8, 4) is 28.0 Å². The van der Waals surface area contributed by atoms with Crippen molar-refractivity contribution in [2.45, 2.75) is 6.92 Å². The lowest BCUT2D eigenvalue weighted by molar-refractivity contribution is 0.101. The first kappa shape index (κ1) is 21.5. The number of fused-ring (bicyclic) bond motifs is 2. The van der Waals surface area contributed by atoms with Crippen molar-refractivity contribution in [3.63, 3.8) is 0 Å². The number of carbonyl (C=O) groups is 1. The fraction of sp³-hybridized carbons (Fsp3) is 0.0370. The second-order valence-electron chi connectivity index (χ2n) is 8.12. The van der Waals surface area contributed by atoms with Crippen LogP contribution in [0.4, 0.5) is 0 Å². The van der Waals surface area contributed by atoms with Crippen LogP contribution in [-0.2, 0) is 0 Å². The molecule has 0 amide bonds. The lowest BCUT2D eigenvalue weighted by Crippen LogP contribution is -2.04. The summed E-state index contributed by atoms with van der Waals surface area (Å²) in [5.74, 6) is -0.964. The molecule has 6 rings (SSSR count). The number of aromatic hydroxyl groups is 2. The average molecular weight is 501 g/mol. The Labute approximate surface area is 208 Å². The minimum Gasteiger partial charge on any atom is -0.503 e. The molecule has 3 aromatic carbocycles. The zero-order chi connectivity index (χ0) is 24.3. The van der Waals surface area contributed by atoms with Crippen LogP contribution in [0.1, 0.15) is 21.9 Å². The molecule has 0 saturated heterocycles. The van der Waals surface area contributed by atoms with Gasteiger partial charge >= 0.3 is 0 Å². The van der Waals surface area contributed by atoms with Crippen LogP contribution in [0.25, 0.3) is 37.4 Å². The van der Waals surface area contributed by atoms with E-state index in [4.69, 9.17) is 16.0 Å². The van der Waals surface area contributed by atoms with E-state index in [1.807, 2.05) is 54.6 Å². The van der Waals surface area contributed by atoms with Gasteiger partial charge in [-0.2, -0.15) is 0 Å². The molecule has 6 aromatic rings. The zero-order valence-corrected chi connectivity index (χ0v) is 19.9. The average Bonchev–Trinajstić information content (AvgIpc) is 3.55. The highest BCUT2D eigenvalue weighted by Crippen LogP contribution is 2.46. The van der Waals surface area contributed by atoms with Gasteiger partial charge in [-0.1, -0.05) is 65.4 Å². The number of aryl methyl sites for hydroxylation is 1. The first-order chi connectivity index (χ1) is 16.9. The molecule has 3 heterocycles. The number of carbonyl (C=O) groups excluding carboxylic acids is 1. The Kier molecular flexibility index (Phi) is 4.91. The van der Waals surface area contributed by atoms with E-state index < -0.39 is 17.4 Å². The molecule has 3 aromatic heterocycles. The number of para-hydroxylation sites is 1. The molecule has 35 heavy (non-hydrogen) atoms. The normalized spacial score (nSPS) is 11.5. The van der Waals surface area contributed by atoms with Gasteiger partial charge in [0.2, 0.25) is 11.7 Å². The third kappa shape index (κ3) is 3.39. The second-order valence-corrected chi connectivity index (χ2v) is 9.53. The molecule has 6 nitrogen and oxygen atoms in total. The number of thiazole rings is 1. The molecule has 2 N–H and O–H groups in total. The van der Waals surface area contributed by atoms with E-state index in [0.717, 1.165) is 15.5 Å². The highest BCUT2D eigenvalue weighted by molar-refractivity contribution is 7.21. The minimum atomic E-state index is -0.549. The van der Waals surface area contributed by atoms with Gasteiger partial charge in [0.25, 0.3) is 0 Å². The summed E-state index contributed by atoms with van der Waals surface area (Å²) in [6.07, 6.45) is 0. The summed E-state index contributed by atoms with van der Waals surface area (Å²) in [6.45, 7) is 1.73. The first-order valence-electron chi connectivity index (χ1n) is 10.7. The number of hydrogen-bond donors (Lipinski definition) is 2. The molecule has 0 radical (unpaired) electrons. The number of rotatable bonds is 4. The zero-order valence-electron chi connectivity index (χ0n) is 18.3. The van der Waals surface area contributed by atoms with Crippen LogP contribution >= 0.6 is 22.9 Å². The summed E-state index contributed by atoms with van der Waals surface area (Å²) in [5.41, 5.74) is 1.43. The van der Waals surface area contributed by atoms with Crippen molar-refractivity contribution < 1.29 is 19.4 Å². The highest BCUT2D eigenvalue weighted by atomic mass is 35.5. The van der Waals surface area contributed by atoms with E-state index in [0.29, 0.717) is 32.7 Å². The van der Waals surface area contributed by atoms with Crippen molar-refractivity contribution in [3.05, 3.63) is 94.9 Å². The summed E-state index contributed by atoms with van der Waals surface area (Å²) in [7, 11) is 0. The number of halogens is 1. The van der Waals surface area contributed by atoms with E-state index >= 15 is 0 Å². The van der Waals surface area contributed by atoms with Gasteiger partial charge in [-0.15, -0.1) is 0 Å². The van der Waals surface area contributed by atoms with Crippen LogP contribution in [-0.4, -0.2) is 25.5 Å². The molecule has 0 fully saturated rings. The van der Waals surface area contributed by atoms with Gasteiger partial charge in [-0.3, -0.25) is 9.36 Å². The summed E-state index contributed by atoms with van der Waals surface area (Å²) in [5, 5.41) is 24.9. The van der Waals surface area contributed by atoms with Crippen LogP contribution in [0.2, 0.25) is 5.02 Å². The molecule has 0 saturated carbocycles. The summed E-state index contributed by atoms with van der Waals surface area (Å²) in [4.78, 5) is 18.2. The SMILES string of the molecule is Cc1ccc(C(=O)c2c(O)c(O)n(-c3nc4c(Cl)cccc4s3)c2-c2ccc3ccccc3c2)o1. The largest absolute Gasteiger partial charge is 0.503 e. The topological polar surface area (TPSA) is 88.5 Å². The molecular weight excluding hydrogens is 484 g/mol. The molecule has 0 bridgehead atoms. The van der Waals surface area contributed by atoms with E-state index in [1.165, 1.54) is 15.9 Å². The van der Waals surface area contributed by atoms with Crippen molar-refractivity contribution in [2.75, 3.05) is 0 Å². The van der Waals surface area contributed by atoms with Gasteiger partial charge in [0.1, 0.15) is 11.3 Å². The van der Waals surface area contributed by atoms with Crippen LogP contribution in [0.15, 0.2) is 77.2 Å². The number of hydrogen-bond acceptors (Lipinski definition) is 6. The van der Waals surface area contributed by atoms with Gasteiger partial charge < -0.3 is 14.6 Å². The van der Waals surface area contributed by atoms with E-state index in [1.54, 1.807) is 25.1 Å². The molecule has 0 aliphatic rings. The highest BCUT2D eigenvalue weighted by Gasteiger charge is 2.32. The lowest BCUT2D eigenvalue weighted by atomic mass is 10.00. The van der Waals surface area contributed by atoms with E-state index in [2.05, 4.69) is 4.98 Å². The van der Waals surface area contributed by atoms with Gasteiger partial charge in [0.05, 0.1) is 21.0 Å². The van der Waals surface area contributed by atoms with Crippen LogP contribution < -0.4 is 0 Å². The maximum absolute atomic E-state index is 13.5. The molecular formula is C27H17ClN2O4S. The summed E-state index contributed by atoms with van der Waals surface area (Å²) >= 11 is 7.63. The van der Waals surface area contributed by atoms with Gasteiger partial charge in [-0.05, 0) is 48.0 Å². The fourth-order valence-electron chi connectivity index (χ4n) is 4.24. The van der Waals surface area contributed by atoms with Crippen LogP contribution in [0, 0.1) is 6.92 Å². The molecule has 0 aliphatic heterocycles. The quantitative estimate of drug-likeness (QED) is 0.252. The smallest absolute Gasteiger partial charge is 0.242 e. The Balaban J connectivity index is 1.68. The predicted octanol–water partition coefficient (Wildman–Crippen LogP) is 7.10. The van der Waals surface area contributed by atoms with Crippen molar-refractivity contribution in [2.24, 2.45) is 0 Å². The van der Waals surface area contributed by atoms with Crippen molar-refractivity contribution in [1.82, 2.24) is 9.55 Å². The number of nitrogens with zero attached hydrogens (tertiary/aromatic N) is 2. The minimum absolute atomic E-state index is 0.0596. The van der Waals surface area contributed by atoms with Crippen molar-refractivity contribution >= 4 is 49.7 Å². The third-order valence-corrected chi connectivity index (χ3v) is 7.20. The van der Waals surface area contributed by atoms with Gasteiger partial charge in [0, 0.05) is 5.56 Å². The molecule has 0 aliphatic carbocycles. The predicted molar refractivity (Wildman–Crippen MR) is 137 cm³/mol. The van der Waals surface area contributed by atoms with Crippen LogP contribution in [0.3, 0.4) is 0 Å². The number of benzene rings is 3. The molecule has 0 unspecified atom stereocenters. The second kappa shape index (κ2) is 8.01. The Morgan fingerprint density at radius 1 is 1.00 bits per heavy atom. The Hall–Kier alpha value is -4.07. The Morgan fingerprint density at radius 3 is 2.54 bits per heavy atom. The Bertz CT molecular complexity index is 1780. The van der Waals surface area contributed by atoms with Gasteiger partial charge in [-0.25, -0.2) is 4.98 Å². The lowest BCUT2D eigenvalue weighted by Gasteiger charge is -2.10. The number of ketones is 1. The summed E-state index contributed by atoms with van der Waals surface area (Å²) < 4.78 is 7.75. The maximum atomic E-state index is 13.5. The Morgan fingerprint density at radius 2 is 1.80 bits per heavy atom. The number of furan rings is 1. The molecule has 8 heteroatoms. The third-order valence-electron chi connectivity index (χ3n) is 5.88. The number of aromatic nitrogens is 2. The molecule has 0 atom stereocenters. The maximum Gasteiger partial charge on any atom is 0.242 e. The standard InChI is InChI=1S/C27H17ClN2O4S/c1-14-9-12-19(34-14)24(31)21-23(17-11-10-15-5-2-3-6-16(15)13-17)30(26(33)25(21)32)27-29-22-18(28)7-4-8-20(22)35-27/h2-13,32-33H,1H3. The van der Waals surface area contributed by atoms with Crippen molar-refractivity contribution in [1.29, 1.82) is 0 Å². The van der Waals surface area contributed by atoms with E-state index in [-0.39, 0.29) is 11.3 Å². The summed E-state index contributed by atoms with van der Waals surface area (Å²) in [6, 6.07) is 22.1. The van der Waals surface area contributed by atoms with Gasteiger partial charge in [0.15, 0.2) is 16.6 Å². The molecule has 0 spiro atoms. The molecule has 172 valence electrons. The first-order valence-corrected chi connectivity index (χ1v) is 11.9. The fourth-order valence-corrected chi connectivity index (χ4v) is 5.51. The van der Waals surface area contributed by atoms with Crippen LogP contribution in [0.5, 0.6) is 11.6 Å².